The summed E-state index contributed by atoms with van der Waals surface area (Å²) in [5, 5.41) is 2.88. The standard InChI is InChI=1S/C18H28N2O2/c1-5-10-20(11-6-2)18(22)16-9-7-8-15(12-16)17(21)19-13-14(3)4/h7-9,12,14H,5-6,10-11,13H2,1-4H3,(H,19,21). The maximum absolute atomic E-state index is 12.6. The summed E-state index contributed by atoms with van der Waals surface area (Å²) >= 11 is 0. The van der Waals surface area contributed by atoms with Gasteiger partial charge in [-0.1, -0.05) is 33.8 Å². The van der Waals surface area contributed by atoms with Gasteiger partial charge in [-0.2, -0.15) is 0 Å². The molecule has 0 aliphatic carbocycles. The van der Waals surface area contributed by atoms with Crippen molar-refractivity contribution in [3.8, 4) is 0 Å². The summed E-state index contributed by atoms with van der Waals surface area (Å²) < 4.78 is 0. The molecule has 4 heteroatoms. The first kappa shape index (κ1) is 18.2. The van der Waals surface area contributed by atoms with E-state index in [1.165, 1.54) is 0 Å². The van der Waals surface area contributed by atoms with E-state index in [4.69, 9.17) is 0 Å². The van der Waals surface area contributed by atoms with Gasteiger partial charge in [0.2, 0.25) is 0 Å². The Hall–Kier alpha value is -1.84. The molecular formula is C18H28N2O2. The lowest BCUT2D eigenvalue weighted by Gasteiger charge is -2.21. The fourth-order valence-electron chi connectivity index (χ4n) is 2.23. The summed E-state index contributed by atoms with van der Waals surface area (Å²) in [6, 6.07) is 6.99. The highest BCUT2D eigenvalue weighted by atomic mass is 16.2. The summed E-state index contributed by atoms with van der Waals surface area (Å²) in [6.45, 7) is 10.3. The molecule has 0 aromatic heterocycles. The molecule has 0 fully saturated rings. The molecule has 0 unspecified atom stereocenters. The number of rotatable bonds is 8. The fraction of sp³-hybridized carbons (Fsp3) is 0.556. The Balaban J connectivity index is 2.85. The van der Waals surface area contributed by atoms with E-state index in [1.807, 2.05) is 18.7 Å². The van der Waals surface area contributed by atoms with Gasteiger partial charge in [0, 0.05) is 30.8 Å². The van der Waals surface area contributed by atoms with E-state index >= 15 is 0 Å². The van der Waals surface area contributed by atoms with Crippen LogP contribution in [-0.4, -0.2) is 36.3 Å². The van der Waals surface area contributed by atoms with Crippen LogP contribution in [0.25, 0.3) is 0 Å². The second-order valence-corrected chi connectivity index (χ2v) is 5.98. The molecule has 0 saturated heterocycles. The zero-order valence-corrected chi connectivity index (χ0v) is 14.2. The summed E-state index contributed by atoms with van der Waals surface area (Å²) in [7, 11) is 0. The van der Waals surface area contributed by atoms with Crippen molar-refractivity contribution in [1.82, 2.24) is 10.2 Å². The van der Waals surface area contributed by atoms with Crippen LogP contribution < -0.4 is 5.32 Å². The number of carbonyl (C=O) groups is 2. The van der Waals surface area contributed by atoms with Gasteiger partial charge in [-0.3, -0.25) is 9.59 Å². The zero-order chi connectivity index (χ0) is 16.5. The van der Waals surface area contributed by atoms with Gasteiger partial charge < -0.3 is 10.2 Å². The van der Waals surface area contributed by atoms with Gasteiger partial charge in [0.15, 0.2) is 0 Å². The topological polar surface area (TPSA) is 49.4 Å². The smallest absolute Gasteiger partial charge is 0.253 e. The number of hydrogen-bond donors (Lipinski definition) is 1. The molecule has 4 nitrogen and oxygen atoms in total. The molecular weight excluding hydrogens is 276 g/mol. The third kappa shape index (κ3) is 5.51. The predicted molar refractivity (Wildman–Crippen MR) is 90.1 cm³/mol. The predicted octanol–water partition coefficient (Wildman–Crippen LogP) is 3.33. The Morgan fingerprint density at radius 3 is 2.23 bits per heavy atom. The van der Waals surface area contributed by atoms with Crippen LogP contribution in [-0.2, 0) is 0 Å². The molecule has 1 aromatic carbocycles. The molecule has 0 heterocycles. The minimum absolute atomic E-state index is 0.00205. The Labute approximate surface area is 133 Å². The monoisotopic (exact) mass is 304 g/mol. The zero-order valence-electron chi connectivity index (χ0n) is 14.2. The highest BCUT2D eigenvalue weighted by Gasteiger charge is 2.16. The maximum Gasteiger partial charge on any atom is 0.253 e. The Morgan fingerprint density at radius 2 is 1.68 bits per heavy atom. The number of amides is 2. The van der Waals surface area contributed by atoms with Crippen molar-refractivity contribution < 1.29 is 9.59 Å². The van der Waals surface area contributed by atoms with Crippen LogP contribution in [0.15, 0.2) is 24.3 Å². The van der Waals surface area contributed by atoms with E-state index in [0.29, 0.717) is 23.6 Å². The normalized spacial score (nSPS) is 10.6. The highest BCUT2D eigenvalue weighted by Crippen LogP contribution is 2.10. The molecule has 2 amide bonds. The summed E-state index contributed by atoms with van der Waals surface area (Å²) in [4.78, 5) is 26.5. The van der Waals surface area contributed by atoms with Gasteiger partial charge in [0.1, 0.15) is 0 Å². The van der Waals surface area contributed by atoms with Crippen LogP contribution in [0.3, 0.4) is 0 Å². The van der Waals surface area contributed by atoms with Gasteiger partial charge in [-0.15, -0.1) is 0 Å². The van der Waals surface area contributed by atoms with Crippen LogP contribution in [0, 0.1) is 5.92 Å². The average molecular weight is 304 g/mol. The molecule has 0 bridgehead atoms. The van der Waals surface area contributed by atoms with E-state index in [2.05, 4.69) is 19.2 Å². The Kier molecular flexibility index (Phi) is 7.64. The third-order valence-electron chi connectivity index (χ3n) is 3.32. The summed E-state index contributed by atoms with van der Waals surface area (Å²) in [5.41, 5.74) is 1.12. The largest absolute Gasteiger partial charge is 0.352 e. The molecule has 1 rings (SSSR count). The molecule has 0 radical (unpaired) electrons. The molecule has 0 aliphatic rings. The van der Waals surface area contributed by atoms with Crippen molar-refractivity contribution in [2.24, 2.45) is 5.92 Å². The van der Waals surface area contributed by atoms with Crippen molar-refractivity contribution >= 4 is 11.8 Å². The number of carbonyl (C=O) groups excluding carboxylic acids is 2. The lowest BCUT2D eigenvalue weighted by atomic mass is 10.1. The third-order valence-corrected chi connectivity index (χ3v) is 3.32. The van der Waals surface area contributed by atoms with Gasteiger partial charge in [0.25, 0.3) is 11.8 Å². The van der Waals surface area contributed by atoms with Gasteiger partial charge in [-0.05, 0) is 37.0 Å². The van der Waals surface area contributed by atoms with Crippen molar-refractivity contribution in [3.05, 3.63) is 35.4 Å². The van der Waals surface area contributed by atoms with Crippen LogP contribution in [0.1, 0.15) is 61.3 Å². The first-order valence-corrected chi connectivity index (χ1v) is 8.17. The number of nitrogens with zero attached hydrogens (tertiary/aromatic N) is 1. The van der Waals surface area contributed by atoms with Gasteiger partial charge in [-0.25, -0.2) is 0 Å². The number of hydrogen-bond acceptors (Lipinski definition) is 2. The quantitative estimate of drug-likeness (QED) is 0.801. The first-order valence-electron chi connectivity index (χ1n) is 8.17. The highest BCUT2D eigenvalue weighted by molar-refractivity contribution is 5.99. The average Bonchev–Trinajstić information content (AvgIpc) is 2.51. The van der Waals surface area contributed by atoms with E-state index in [0.717, 1.165) is 25.9 Å². The lowest BCUT2D eigenvalue weighted by molar-refractivity contribution is 0.0755. The van der Waals surface area contributed by atoms with Crippen LogP contribution in [0.4, 0.5) is 0 Å². The summed E-state index contributed by atoms with van der Waals surface area (Å²) in [5.74, 6) is 0.279. The van der Waals surface area contributed by atoms with Crippen LogP contribution in [0.5, 0.6) is 0 Å². The van der Waals surface area contributed by atoms with E-state index in [1.54, 1.807) is 24.3 Å². The van der Waals surface area contributed by atoms with E-state index in [9.17, 15) is 9.59 Å². The van der Waals surface area contributed by atoms with Crippen LogP contribution >= 0.6 is 0 Å². The molecule has 1 N–H and O–H groups in total. The molecule has 0 saturated carbocycles. The molecule has 0 atom stereocenters. The van der Waals surface area contributed by atoms with Gasteiger partial charge in [0.05, 0.1) is 0 Å². The van der Waals surface area contributed by atoms with Crippen molar-refractivity contribution in [2.75, 3.05) is 19.6 Å². The molecule has 1 aromatic rings. The second kappa shape index (κ2) is 9.23. The second-order valence-electron chi connectivity index (χ2n) is 5.98. The van der Waals surface area contributed by atoms with E-state index < -0.39 is 0 Å². The number of benzene rings is 1. The SMILES string of the molecule is CCCN(CCC)C(=O)c1cccc(C(=O)NCC(C)C)c1. The molecule has 0 aliphatic heterocycles. The fourth-order valence-corrected chi connectivity index (χ4v) is 2.23. The first-order chi connectivity index (χ1) is 10.5. The molecule has 0 spiro atoms. The van der Waals surface area contributed by atoms with E-state index in [-0.39, 0.29) is 11.8 Å². The summed E-state index contributed by atoms with van der Waals surface area (Å²) in [6.07, 6.45) is 1.86. The van der Waals surface area contributed by atoms with Crippen molar-refractivity contribution in [3.63, 3.8) is 0 Å². The minimum atomic E-state index is -0.124. The van der Waals surface area contributed by atoms with Gasteiger partial charge >= 0.3 is 0 Å². The molecule has 122 valence electrons. The van der Waals surface area contributed by atoms with Crippen molar-refractivity contribution in [1.29, 1.82) is 0 Å². The minimum Gasteiger partial charge on any atom is -0.352 e. The van der Waals surface area contributed by atoms with Crippen LogP contribution in [0.2, 0.25) is 0 Å². The lowest BCUT2D eigenvalue weighted by Crippen LogP contribution is -2.33. The number of nitrogens with one attached hydrogen (secondary N) is 1. The molecule has 22 heavy (non-hydrogen) atoms. The van der Waals surface area contributed by atoms with Crippen molar-refractivity contribution in [2.45, 2.75) is 40.5 Å². The Bertz CT molecular complexity index is 492. The Morgan fingerprint density at radius 1 is 1.09 bits per heavy atom. The maximum atomic E-state index is 12.6.